The number of nitrogens with one attached hydrogen (secondary N) is 1. The van der Waals surface area contributed by atoms with Crippen molar-refractivity contribution in [1.29, 1.82) is 0 Å². The van der Waals surface area contributed by atoms with Gasteiger partial charge in [-0.25, -0.2) is 0 Å². The Morgan fingerprint density at radius 1 is 1.05 bits per heavy atom. The zero-order chi connectivity index (χ0) is 14.8. The minimum absolute atomic E-state index is 0.624. The van der Waals surface area contributed by atoms with E-state index in [4.69, 9.17) is 23.2 Å². The summed E-state index contributed by atoms with van der Waals surface area (Å²) in [5, 5.41) is 5.73. The van der Waals surface area contributed by atoms with Gasteiger partial charge in [0.15, 0.2) is 0 Å². The summed E-state index contributed by atoms with van der Waals surface area (Å²) < 4.78 is 0.967. The van der Waals surface area contributed by atoms with Crippen LogP contribution in [0.15, 0.2) is 53.1 Å². The lowest BCUT2D eigenvalue weighted by Crippen LogP contribution is -2.01. The van der Waals surface area contributed by atoms with E-state index < -0.39 is 0 Å². The first-order valence-electron chi connectivity index (χ1n) is 6.36. The normalized spacial score (nSPS) is 10.8. The van der Waals surface area contributed by atoms with Crippen LogP contribution in [0, 0.1) is 0 Å². The first-order chi connectivity index (χ1) is 10.1. The fourth-order valence-electron chi connectivity index (χ4n) is 2.14. The fourth-order valence-corrected chi connectivity index (χ4v) is 3.09. The third-order valence-electron chi connectivity index (χ3n) is 3.20. The number of hydrogen-bond acceptors (Lipinski definition) is 2. The van der Waals surface area contributed by atoms with Gasteiger partial charge < -0.3 is 5.32 Å². The summed E-state index contributed by atoms with van der Waals surface area (Å²) in [5.74, 6) is 0. The second kappa shape index (κ2) is 6.22. The molecule has 2 nitrogen and oxygen atoms in total. The van der Waals surface area contributed by atoms with Crippen LogP contribution in [-0.2, 0) is 6.54 Å². The maximum absolute atomic E-state index is 6.23. The summed E-state index contributed by atoms with van der Waals surface area (Å²) in [6.45, 7) is 0.624. The molecule has 0 radical (unpaired) electrons. The molecule has 0 aliphatic rings. The van der Waals surface area contributed by atoms with E-state index in [1.807, 2.05) is 42.5 Å². The van der Waals surface area contributed by atoms with Crippen molar-refractivity contribution in [2.24, 2.45) is 0 Å². The highest BCUT2D eigenvalue weighted by Gasteiger charge is 2.06. The minimum Gasteiger partial charge on any atom is -0.379 e. The molecular formula is C16H11BrCl2N2. The van der Waals surface area contributed by atoms with E-state index >= 15 is 0 Å². The summed E-state index contributed by atoms with van der Waals surface area (Å²) >= 11 is 15.8. The lowest BCUT2D eigenvalue weighted by molar-refractivity contribution is 1.15. The predicted molar refractivity (Wildman–Crippen MR) is 93.2 cm³/mol. The molecule has 0 aliphatic carbocycles. The molecule has 3 rings (SSSR count). The Hall–Kier alpha value is -1.29. The van der Waals surface area contributed by atoms with Crippen LogP contribution in [0.5, 0.6) is 0 Å². The van der Waals surface area contributed by atoms with Crippen molar-refractivity contribution in [3.8, 4) is 0 Å². The van der Waals surface area contributed by atoms with Crippen LogP contribution < -0.4 is 5.32 Å². The quantitative estimate of drug-likeness (QED) is 0.609. The second-order valence-electron chi connectivity index (χ2n) is 4.58. The molecule has 0 saturated carbocycles. The van der Waals surface area contributed by atoms with E-state index in [2.05, 4.69) is 26.2 Å². The number of halogens is 3. The zero-order valence-corrected chi connectivity index (χ0v) is 14.0. The van der Waals surface area contributed by atoms with Crippen LogP contribution in [0.4, 0.5) is 5.69 Å². The molecule has 0 atom stereocenters. The first-order valence-corrected chi connectivity index (χ1v) is 7.91. The van der Waals surface area contributed by atoms with Crippen LogP contribution in [-0.4, -0.2) is 4.98 Å². The summed E-state index contributed by atoms with van der Waals surface area (Å²) in [6, 6.07) is 13.5. The molecular weight excluding hydrogens is 371 g/mol. The summed E-state index contributed by atoms with van der Waals surface area (Å²) in [4.78, 5) is 4.40. The Kier molecular flexibility index (Phi) is 4.34. The molecule has 0 fully saturated rings. The highest BCUT2D eigenvalue weighted by atomic mass is 79.9. The van der Waals surface area contributed by atoms with Gasteiger partial charge in [0, 0.05) is 27.6 Å². The first kappa shape index (κ1) is 14.6. The third kappa shape index (κ3) is 3.15. The van der Waals surface area contributed by atoms with E-state index in [1.165, 1.54) is 0 Å². The summed E-state index contributed by atoms with van der Waals surface area (Å²) in [6.07, 6.45) is 1.76. The van der Waals surface area contributed by atoms with Gasteiger partial charge >= 0.3 is 0 Å². The molecule has 0 aliphatic heterocycles. The number of hydrogen-bond donors (Lipinski definition) is 1. The Morgan fingerprint density at radius 3 is 2.71 bits per heavy atom. The smallest absolute Gasteiger partial charge is 0.0948 e. The lowest BCUT2D eigenvalue weighted by Gasteiger charge is -2.11. The van der Waals surface area contributed by atoms with Gasteiger partial charge in [-0.15, -0.1) is 0 Å². The molecule has 1 N–H and O–H groups in total. The number of anilines is 1. The molecule has 106 valence electrons. The molecule has 3 aromatic rings. The Morgan fingerprint density at radius 2 is 1.90 bits per heavy atom. The maximum Gasteiger partial charge on any atom is 0.0948 e. The molecule has 1 heterocycles. The van der Waals surface area contributed by atoms with Crippen molar-refractivity contribution < 1.29 is 0 Å². The molecule has 1 aromatic heterocycles. The summed E-state index contributed by atoms with van der Waals surface area (Å²) in [5.41, 5.74) is 2.83. The number of aromatic nitrogens is 1. The van der Waals surface area contributed by atoms with Gasteiger partial charge in [0.25, 0.3) is 0 Å². The maximum atomic E-state index is 6.23. The average molecular weight is 382 g/mol. The monoisotopic (exact) mass is 380 g/mol. The zero-order valence-electron chi connectivity index (χ0n) is 10.9. The van der Waals surface area contributed by atoms with Crippen LogP contribution in [0.25, 0.3) is 10.9 Å². The highest BCUT2D eigenvalue weighted by Crippen LogP contribution is 2.29. The van der Waals surface area contributed by atoms with E-state index in [0.717, 1.165) is 31.6 Å². The van der Waals surface area contributed by atoms with Crippen molar-refractivity contribution in [2.45, 2.75) is 6.54 Å². The molecule has 2 aromatic carbocycles. The molecule has 0 amide bonds. The molecule has 0 spiro atoms. The largest absolute Gasteiger partial charge is 0.379 e. The Labute approximate surface area is 141 Å². The van der Waals surface area contributed by atoms with Gasteiger partial charge in [-0.1, -0.05) is 45.2 Å². The average Bonchev–Trinajstić information content (AvgIpc) is 2.48. The van der Waals surface area contributed by atoms with Crippen LogP contribution in [0.3, 0.4) is 0 Å². The molecule has 0 saturated heterocycles. The second-order valence-corrected chi connectivity index (χ2v) is 6.31. The van der Waals surface area contributed by atoms with Gasteiger partial charge in [0.1, 0.15) is 0 Å². The molecule has 0 unspecified atom stereocenters. The third-order valence-corrected chi connectivity index (χ3v) is 4.38. The predicted octanol–water partition coefficient (Wildman–Crippen LogP) is 5.92. The van der Waals surface area contributed by atoms with Crippen molar-refractivity contribution in [3.63, 3.8) is 0 Å². The van der Waals surface area contributed by atoms with Gasteiger partial charge in [-0.2, -0.15) is 0 Å². The number of rotatable bonds is 3. The molecule has 0 bridgehead atoms. The fraction of sp³-hybridized carbons (Fsp3) is 0.0625. The number of benzene rings is 2. The van der Waals surface area contributed by atoms with Gasteiger partial charge in [0.05, 0.1) is 16.2 Å². The van der Waals surface area contributed by atoms with Crippen molar-refractivity contribution in [3.05, 3.63) is 68.7 Å². The van der Waals surface area contributed by atoms with Gasteiger partial charge in [-0.05, 0) is 42.0 Å². The number of nitrogens with zero attached hydrogens (tertiary/aromatic N) is 1. The van der Waals surface area contributed by atoms with Gasteiger partial charge in [-0.3, -0.25) is 4.98 Å². The summed E-state index contributed by atoms with van der Waals surface area (Å²) in [7, 11) is 0. The van der Waals surface area contributed by atoms with Crippen LogP contribution >= 0.6 is 39.1 Å². The SMILES string of the molecule is Clc1cc(Br)ccc1CNc1ccc(Cl)c2cccnc12. The molecule has 21 heavy (non-hydrogen) atoms. The van der Waals surface area contributed by atoms with Crippen LogP contribution in [0.1, 0.15) is 5.56 Å². The Bertz CT molecular complexity index is 805. The Balaban J connectivity index is 1.90. The highest BCUT2D eigenvalue weighted by molar-refractivity contribution is 9.10. The van der Waals surface area contributed by atoms with Crippen molar-refractivity contribution >= 4 is 55.7 Å². The van der Waals surface area contributed by atoms with E-state index in [9.17, 15) is 0 Å². The van der Waals surface area contributed by atoms with Gasteiger partial charge in [0.2, 0.25) is 0 Å². The topological polar surface area (TPSA) is 24.9 Å². The van der Waals surface area contributed by atoms with E-state index in [1.54, 1.807) is 6.20 Å². The van der Waals surface area contributed by atoms with Crippen LogP contribution in [0.2, 0.25) is 10.0 Å². The molecule has 5 heteroatoms. The van der Waals surface area contributed by atoms with Crippen molar-refractivity contribution in [1.82, 2.24) is 4.98 Å². The lowest BCUT2D eigenvalue weighted by atomic mass is 10.1. The number of pyridine rings is 1. The standard InChI is InChI=1S/C16H11BrCl2N2/c17-11-4-3-10(14(19)8-11)9-21-15-6-5-13(18)12-2-1-7-20-16(12)15/h1-8,21H,9H2. The minimum atomic E-state index is 0.624. The van der Waals surface area contributed by atoms with Crippen molar-refractivity contribution in [2.75, 3.05) is 5.32 Å². The van der Waals surface area contributed by atoms with E-state index in [-0.39, 0.29) is 0 Å². The van der Waals surface area contributed by atoms with E-state index in [0.29, 0.717) is 11.6 Å². The number of fused-ring (bicyclic) bond motifs is 1.